The van der Waals surface area contributed by atoms with Gasteiger partial charge in [0.25, 0.3) is 5.91 Å². The van der Waals surface area contributed by atoms with Gasteiger partial charge in [-0.3, -0.25) is 9.69 Å². The SMILES string of the molecule is CCCCC1N(C[C@@H](C)CC)C(=O)OC12CCN(C1CCN(C(=O)c3c(C)cccc3C)CC1)CC2.O=C(O)C(F)(F)F. The van der Waals surface area contributed by atoms with E-state index in [0.29, 0.717) is 12.0 Å². The van der Waals surface area contributed by atoms with Crippen molar-refractivity contribution in [3.8, 4) is 0 Å². The number of hydrogen-bond acceptors (Lipinski definition) is 5. The quantitative estimate of drug-likeness (QED) is 0.364. The monoisotopic (exact) mass is 611 g/mol. The molecule has 1 spiro atoms. The molecule has 2 atom stereocenters. The van der Waals surface area contributed by atoms with Crippen LogP contribution in [-0.2, 0) is 9.53 Å². The molecule has 2 amide bonds. The van der Waals surface area contributed by atoms with E-state index in [1.54, 1.807) is 0 Å². The normalized spacial score (nSPS) is 21.8. The Balaban J connectivity index is 0.000000646. The zero-order valence-electron chi connectivity index (χ0n) is 26.2. The van der Waals surface area contributed by atoms with Crippen LogP contribution in [0.1, 0.15) is 93.6 Å². The number of carboxylic acids is 1. The number of alkyl halides is 3. The van der Waals surface area contributed by atoms with Gasteiger partial charge < -0.3 is 19.6 Å². The van der Waals surface area contributed by atoms with Crippen LogP contribution in [-0.4, -0.2) is 94.4 Å². The Bertz CT molecular complexity index is 1090. The summed E-state index contributed by atoms with van der Waals surface area (Å²) in [6, 6.07) is 6.80. The maximum absolute atomic E-state index is 13.2. The number of ether oxygens (including phenoxy) is 1. The van der Waals surface area contributed by atoms with Crippen LogP contribution in [0.5, 0.6) is 0 Å². The van der Waals surface area contributed by atoms with Gasteiger partial charge in [0.05, 0.1) is 6.04 Å². The number of benzene rings is 1. The van der Waals surface area contributed by atoms with Crippen molar-refractivity contribution in [3.05, 3.63) is 34.9 Å². The molecule has 8 nitrogen and oxygen atoms in total. The lowest BCUT2D eigenvalue weighted by molar-refractivity contribution is -0.192. The summed E-state index contributed by atoms with van der Waals surface area (Å²) in [5, 5.41) is 7.12. The van der Waals surface area contributed by atoms with Gasteiger partial charge in [0.1, 0.15) is 5.60 Å². The number of carbonyl (C=O) groups is 3. The fourth-order valence-corrected chi connectivity index (χ4v) is 6.64. The van der Waals surface area contributed by atoms with Gasteiger partial charge in [-0.25, -0.2) is 9.59 Å². The van der Waals surface area contributed by atoms with E-state index < -0.39 is 12.1 Å². The Morgan fingerprint density at radius 3 is 2.12 bits per heavy atom. The molecule has 43 heavy (non-hydrogen) atoms. The number of amides is 2. The minimum Gasteiger partial charge on any atom is -0.475 e. The van der Waals surface area contributed by atoms with E-state index in [1.165, 1.54) is 0 Å². The number of aryl methyl sites for hydroxylation is 2. The Kier molecular flexibility index (Phi) is 11.9. The standard InChI is InChI=1S/C30H47N3O3.C2HF3O2/c1-6-8-12-26-30(36-29(35)33(26)21-22(3)7-2)15-19-31(20-16-30)25-13-17-32(18-14-25)28(34)27-23(4)10-9-11-24(27)5;3-2(4,5)1(6)7/h9-11,22,25-26H,6-8,12-21H2,1-5H3;(H,6,7)/t22-,26?;/m0./s1. The zero-order chi connectivity index (χ0) is 31.9. The molecule has 1 aromatic carbocycles. The summed E-state index contributed by atoms with van der Waals surface area (Å²) in [5.41, 5.74) is 2.68. The van der Waals surface area contributed by atoms with E-state index in [2.05, 4.69) is 30.6 Å². The third-order valence-electron chi connectivity index (χ3n) is 9.39. The molecular formula is C32H48F3N3O5. The predicted octanol–water partition coefficient (Wildman–Crippen LogP) is 6.43. The van der Waals surface area contributed by atoms with Crippen molar-refractivity contribution in [1.29, 1.82) is 0 Å². The molecule has 3 aliphatic rings. The van der Waals surface area contributed by atoms with Gasteiger partial charge in [0.2, 0.25) is 0 Å². The smallest absolute Gasteiger partial charge is 0.475 e. The molecule has 0 aliphatic carbocycles. The van der Waals surface area contributed by atoms with Gasteiger partial charge in [0.15, 0.2) is 0 Å². The van der Waals surface area contributed by atoms with Crippen LogP contribution in [0.4, 0.5) is 18.0 Å². The van der Waals surface area contributed by atoms with Crippen molar-refractivity contribution in [2.24, 2.45) is 5.92 Å². The second-order valence-corrected chi connectivity index (χ2v) is 12.4. The number of nitrogens with zero attached hydrogens (tertiary/aromatic N) is 3. The lowest BCUT2D eigenvalue weighted by Gasteiger charge is -2.46. The van der Waals surface area contributed by atoms with Crippen molar-refractivity contribution >= 4 is 18.0 Å². The number of piperidine rings is 2. The van der Waals surface area contributed by atoms with Gasteiger partial charge in [0, 0.05) is 57.2 Å². The summed E-state index contributed by atoms with van der Waals surface area (Å²) in [7, 11) is 0. The van der Waals surface area contributed by atoms with Crippen molar-refractivity contribution in [2.75, 3.05) is 32.7 Å². The second-order valence-electron chi connectivity index (χ2n) is 12.4. The summed E-state index contributed by atoms with van der Waals surface area (Å²) < 4.78 is 38.0. The summed E-state index contributed by atoms with van der Waals surface area (Å²) in [6.07, 6.45) is 3.10. The van der Waals surface area contributed by atoms with Gasteiger partial charge in [-0.15, -0.1) is 0 Å². The van der Waals surface area contributed by atoms with Crippen LogP contribution in [0.2, 0.25) is 0 Å². The summed E-state index contributed by atoms with van der Waals surface area (Å²) >= 11 is 0. The van der Waals surface area contributed by atoms with E-state index in [0.717, 1.165) is 101 Å². The molecule has 11 heteroatoms. The highest BCUT2D eigenvalue weighted by Gasteiger charge is 2.54. The molecule has 1 aromatic rings. The van der Waals surface area contributed by atoms with Gasteiger partial charge >= 0.3 is 18.2 Å². The molecular weight excluding hydrogens is 563 g/mol. The van der Waals surface area contributed by atoms with Crippen molar-refractivity contribution < 1.29 is 37.4 Å². The topological polar surface area (TPSA) is 90.4 Å². The van der Waals surface area contributed by atoms with Crippen LogP contribution >= 0.6 is 0 Å². The fraction of sp³-hybridized carbons (Fsp3) is 0.719. The number of likely N-dealkylation sites (tertiary alicyclic amines) is 2. The number of carboxylic acid groups (broad SMARTS) is 1. The summed E-state index contributed by atoms with van der Waals surface area (Å²) in [5.74, 6) is -2.08. The van der Waals surface area contributed by atoms with E-state index in [1.807, 2.05) is 36.9 Å². The van der Waals surface area contributed by atoms with E-state index in [-0.39, 0.29) is 23.6 Å². The highest BCUT2D eigenvalue weighted by atomic mass is 19.4. The Labute approximate surface area is 253 Å². The van der Waals surface area contributed by atoms with Crippen LogP contribution in [0.25, 0.3) is 0 Å². The minimum atomic E-state index is -5.08. The lowest BCUT2D eigenvalue weighted by Crippen LogP contribution is -2.56. The average molecular weight is 612 g/mol. The van der Waals surface area contributed by atoms with Crippen LogP contribution in [0.15, 0.2) is 18.2 Å². The first-order valence-electron chi connectivity index (χ1n) is 15.6. The van der Waals surface area contributed by atoms with Gasteiger partial charge in [-0.2, -0.15) is 13.2 Å². The second kappa shape index (κ2) is 14.8. The molecule has 3 saturated heterocycles. The number of aliphatic carboxylic acids is 1. The average Bonchev–Trinajstić information content (AvgIpc) is 3.20. The first kappa shape index (κ1) is 34.7. The third kappa shape index (κ3) is 8.42. The molecule has 242 valence electrons. The van der Waals surface area contributed by atoms with Gasteiger partial charge in [-0.1, -0.05) is 58.2 Å². The fourth-order valence-electron chi connectivity index (χ4n) is 6.64. The molecule has 0 saturated carbocycles. The zero-order valence-corrected chi connectivity index (χ0v) is 26.2. The van der Waals surface area contributed by atoms with E-state index in [4.69, 9.17) is 14.6 Å². The van der Waals surface area contributed by atoms with Gasteiger partial charge in [-0.05, 0) is 50.2 Å². The maximum atomic E-state index is 13.2. The number of hydrogen-bond donors (Lipinski definition) is 1. The number of unbranched alkanes of at least 4 members (excludes halogenated alkanes) is 1. The minimum absolute atomic E-state index is 0.0943. The Morgan fingerprint density at radius 1 is 1.07 bits per heavy atom. The highest BCUT2D eigenvalue weighted by molar-refractivity contribution is 5.97. The van der Waals surface area contributed by atoms with Crippen molar-refractivity contribution in [3.63, 3.8) is 0 Å². The van der Waals surface area contributed by atoms with Crippen LogP contribution in [0.3, 0.4) is 0 Å². The number of carbonyl (C=O) groups excluding carboxylic acids is 2. The molecule has 3 heterocycles. The summed E-state index contributed by atoms with van der Waals surface area (Å²) in [6.45, 7) is 15.1. The van der Waals surface area contributed by atoms with E-state index >= 15 is 0 Å². The predicted molar refractivity (Wildman–Crippen MR) is 158 cm³/mol. The van der Waals surface area contributed by atoms with Crippen molar-refractivity contribution in [2.45, 2.75) is 110 Å². The molecule has 1 N–H and O–H groups in total. The maximum Gasteiger partial charge on any atom is 0.490 e. The van der Waals surface area contributed by atoms with Crippen LogP contribution in [0, 0.1) is 19.8 Å². The molecule has 4 rings (SSSR count). The molecule has 0 bridgehead atoms. The summed E-state index contributed by atoms with van der Waals surface area (Å²) in [4.78, 5) is 41.8. The van der Waals surface area contributed by atoms with E-state index in [9.17, 15) is 22.8 Å². The Hall–Kier alpha value is -2.82. The molecule has 3 fully saturated rings. The third-order valence-corrected chi connectivity index (χ3v) is 9.39. The Morgan fingerprint density at radius 2 is 1.63 bits per heavy atom. The lowest BCUT2D eigenvalue weighted by atomic mass is 9.80. The first-order chi connectivity index (χ1) is 20.2. The molecule has 1 unspecified atom stereocenters. The largest absolute Gasteiger partial charge is 0.490 e. The number of rotatable bonds is 8. The molecule has 3 aliphatic heterocycles. The number of halogens is 3. The highest BCUT2D eigenvalue weighted by Crippen LogP contribution is 2.42. The van der Waals surface area contributed by atoms with Crippen molar-refractivity contribution in [1.82, 2.24) is 14.7 Å². The first-order valence-corrected chi connectivity index (χ1v) is 15.6. The molecule has 0 aromatic heterocycles. The molecule has 0 radical (unpaired) electrons. The van der Waals surface area contributed by atoms with Crippen LogP contribution < -0.4 is 0 Å².